The van der Waals surface area contributed by atoms with Gasteiger partial charge in [0.1, 0.15) is 11.5 Å². The fourth-order valence-corrected chi connectivity index (χ4v) is 4.55. The van der Waals surface area contributed by atoms with Crippen molar-refractivity contribution in [3.63, 3.8) is 0 Å². The summed E-state index contributed by atoms with van der Waals surface area (Å²) >= 11 is 0. The van der Waals surface area contributed by atoms with Crippen LogP contribution in [-0.4, -0.2) is 71.8 Å². The molecule has 260 valence electrons. The number of methoxy groups -OCH3 is 2. The van der Waals surface area contributed by atoms with Crippen molar-refractivity contribution in [2.45, 2.75) is 86.9 Å². The molecule has 1 fully saturated rings. The molecule has 4 rings (SSSR count). The van der Waals surface area contributed by atoms with Gasteiger partial charge < -0.3 is 28.4 Å². The average Bonchev–Trinajstić information content (AvgIpc) is 3.46. The van der Waals surface area contributed by atoms with Gasteiger partial charge in [-0.05, 0) is 111 Å². The summed E-state index contributed by atoms with van der Waals surface area (Å²) in [5.41, 5.74) is -1.37. The number of esters is 3. The SMILES string of the molecule is COc1ccc(-c2nc(-c3ccc(OC)cc3)n([C@@H]3OC[C@@H](OC(=O)C(C)(C)C)[C@H](OC(=O)C(C)(C)C)[C@H]3OC(=O)C(C)(C)C)n2)cc1. The van der Waals surface area contributed by atoms with E-state index < -0.39 is 58.7 Å². The first kappa shape index (κ1) is 36.4. The van der Waals surface area contributed by atoms with E-state index in [0.29, 0.717) is 34.3 Å². The third-order valence-corrected chi connectivity index (χ3v) is 7.55. The Hall–Kier alpha value is -4.45. The van der Waals surface area contributed by atoms with Crippen molar-refractivity contribution in [2.24, 2.45) is 16.2 Å². The Morgan fingerprint density at radius 3 is 1.56 bits per heavy atom. The Morgan fingerprint density at radius 2 is 1.10 bits per heavy atom. The van der Waals surface area contributed by atoms with E-state index in [-0.39, 0.29) is 6.61 Å². The summed E-state index contributed by atoms with van der Waals surface area (Å²) in [4.78, 5) is 45.0. The maximum Gasteiger partial charge on any atom is 0.311 e. The topological polar surface area (TPSA) is 137 Å². The van der Waals surface area contributed by atoms with E-state index in [0.717, 1.165) is 0 Å². The smallest absolute Gasteiger partial charge is 0.311 e. The molecule has 0 radical (unpaired) electrons. The zero-order valence-electron chi connectivity index (χ0n) is 29.7. The Morgan fingerprint density at radius 1 is 0.667 bits per heavy atom. The monoisotopic (exact) mass is 665 g/mol. The summed E-state index contributed by atoms with van der Waals surface area (Å²) in [6, 6.07) is 14.5. The number of aromatic nitrogens is 3. The second kappa shape index (κ2) is 14.0. The van der Waals surface area contributed by atoms with Crippen LogP contribution in [0.4, 0.5) is 0 Å². The molecule has 12 nitrogen and oxygen atoms in total. The summed E-state index contributed by atoms with van der Waals surface area (Å²) in [5, 5.41) is 4.85. The van der Waals surface area contributed by atoms with Gasteiger partial charge in [-0.1, -0.05) is 0 Å². The molecule has 12 heteroatoms. The summed E-state index contributed by atoms with van der Waals surface area (Å²) in [5.74, 6) is 0.362. The van der Waals surface area contributed by atoms with Gasteiger partial charge >= 0.3 is 17.9 Å². The number of carbonyl (C=O) groups excluding carboxylic acids is 3. The molecule has 3 aromatic rings. The van der Waals surface area contributed by atoms with E-state index in [1.807, 2.05) is 24.3 Å². The van der Waals surface area contributed by atoms with Gasteiger partial charge in [0, 0.05) is 11.1 Å². The van der Waals surface area contributed by atoms with E-state index in [1.54, 1.807) is 101 Å². The van der Waals surface area contributed by atoms with Crippen LogP contribution in [-0.2, 0) is 33.3 Å². The first-order valence-electron chi connectivity index (χ1n) is 15.8. The molecule has 0 amide bonds. The van der Waals surface area contributed by atoms with Gasteiger partial charge in [-0.3, -0.25) is 14.4 Å². The van der Waals surface area contributed by atoms with E-state index >= 15 is 0 Å². The molecule has 1 aliphatic rings. The van der Waals surface area contributed by atoms with Gasteiger partial charge in [-0.15, -0.1) is 5.10 Å². The van der Waals surface area contributed by atoms with Crippen LogP contribution >= 0.6 is 0 Å². The molecule has 1 aromatic heterocycles. The summed E-state index contributed by atoms with van der Waals surface area (Å²) < 4.78 is 36.7. The van der Waals surface area contributed by atoms with Crippen LogP contribution in [0, 0.1) is 16.2 Å². The molecule has 2 aromatic carbocycles. The minimum Gasteiger partial charge on any atom is -0.497 e. The minimum atomic E-state index is -1.29. The predicted molar refractivity (Wildman–Crippen MR) is 177 cm³/mol. The molecule has 0 N–H and O–H groups in total. The first-order chi connectivity index (χ1) is 22.3. The lowest BCUT2D eigenvalue weighted by atomic mass is 9.94. The van der Waals surface area contributed by atoms with Crippen LogP contribution in [0.5, 0.6) is 11.5 Å². The van der Waals surface area contributed by atoms with Gasteiger partial charge in [-0.25, -0.2) is 9.67 Å². The van der Waals surface area contributed by atoms with E-state index in [2.05, 4.69) is 0 Å². The highest BCUT2D eigenvalue weighted by Gasteiger charge is 2.51. The van der Waals surface area contributed by atoms with Crippen molar-refractivity contribution in [3.05, 3.63) is 48.5 Å². The lowest BCUT2D eigenvalue weighted by Crippen LogP contribution is -2.57. The molecule has 0 unspecified atom stereocenters. The number of benzene rings is 2. The van der Waals surface area contributed by atoms with Crippen LogP contribution in [0.2, 0.25) is 0 Å². The van der Waals surface area contributed by atoms with Crippen molar-refractivity contribution < 1.29 is 42.8 Å². The second-order valence-electron chi connectivity index (χ2n) is 14.8. The summed E-state index contributed by atoms with van der Waals surface area (Å²) in [6.07, 6.45) is -4.77. The fourth-order valence-electron chi connectivity index (χ4n) is 4.55. The molecule has 1 saturated heterocycles. The van der Waals surface area contributed by atoms with Crippen molar-refractivity contribution in [1.82, 2.24) is 14.8 Å². The Labute approximate surface area is 282 Å². The van der Waals surface area contributed by atoms with Crippen LogP contribution in [0.1, 0.15) is 68.5 Å². The number of rotatable bonds is 8. The highest BCUT2D eigenvalue weighted by Crippen LogP contribution is 2.37. The fraction of sp³-hybridized carbons (Fsp3) is 0.528. The summed E-state index contributed by atoms with van der Waals surface area (Å²) in [7, 11) is 3.16. The highest BCUT2D eigenvalue weighted by atomic mass is 16.6. The molecule has 0 bridgehead atoms. The normalized spacial score (nSPS) is 20.1. The van der Waals surface area contributed by atoms with Gasteiger partial charge in [0.2, 0.25) is 0 Å². The largest absolute Gasteiger partial charge is 0.497 e. The molecular weight excluding hydrogens is 618 g/mol. The number of hydrogen-bond acceptors (Lipinski definition) is 11. The van der Waals surface area contributed by atoms with Crippen LogP contribution in [0.25, 0.3) is 22.8 Å². The standard InChI is InChI=1S/C36H47N3O9/c1-34(2,3)31(40)46-25-20-45-30(27(48-33(42)36(7,8)9)26(25)47-32(41)35(4,5)6)39-29(22-14-18-24(44-11)19-15-22)37-28(38-39)21-12-16-23(43-10)17-13-21/h12-19,25-27,30H,20H2,1-11H3/t25-,26+,27-,30-/m1/s1. The van der Waals surface area contributed by atoms with Crippen LogP contribution < -0.4 is 9.47 Å². The van der Waals surface area contributed by atoms with Crippen molar-refractivity contribution in [2.75, 3.05) is 20.8 Å². The predicted octanol–water partition coefficient (Wildman–Crippen LogP) is 6.03. The Balaban J connectivity index is 1.90. The highest BCUT2D eigenvalue weighted by molar-refractivity contribution is 5.77. The van der Waals surface area contributed by atoms with E-state index in [4.69, 9.17) is 38.5 Å². The number of ether oxygens (including phenoxy) is 6. The molecule has 0 saturated carbocycles. The first-order valence-corrected chi connectivity index (χ1v) is 15.8. The van der Waals surface area contributed by atoms with Gasteiger partial charge in [0.15, 0.2) is 36.2 Å². The maximum atomic E-state index is 13.5. The van der Waals surface area contributed by atoms with E-state index in [9.17, 15) is 14.4 Å². The van der Waals surface area contributed by atoms with Crippen molar-refractivity contribution in [3.8, 4) is 34.3 Å². The van der Waals surface area contributed by atoms with Gasteiger partial charge in [-0.2, -0.15) is 0 Å². The third kappa shape index (κ3) is 8.33. The number of hydrogen-bond donors (Lipinski definition) is 0. The summed E-state index contributed by atoms with van der Waals surface area (Å²) in [6.45, 7) is 15.2. The quantitative estimate of drug-likeness (QED) is 0.206. The number of carbonyl (C=O) groups is 3. The zero-order valence-corrected chi connectivity index (χ0v) is 29.7. The molecule has 0 aliphatic carbocycles. The molecule has 2 heterocycles. The average molecular weight is 666 g/mol. The van der Waals surface area contributed by atoms with Crippen LogP contribution in [0.3, 0.4) is 0 Å². The second-order valence-corrected chi connectivity index (χ2v) is 14.8. The maximum absolute atomic E-state index is 13.5. The third-order valence-electron chi connectivity index (χ3n) is 7.55. The molecular formula is C36H47N3O9. The number of nitrogens with zero attached hydrogens (tertiary/aromatic N) is 3. The lowest BCUT2D eigenvalue weighted by molar-refractivity contribution is -0.249. The van der Waals surface area contributed by atoms with Crippen molar-refractivity contribution in [1.29, 1.82) is 0 Å². The molecule has 48 heavy (non-hydrogen) atoms. The van der Waals surface area contributed by atoms with Crippen molar-refractivity contribution >= 4 is 17.9 Å². The van der Waals surface area contributed by atoms with Gasteiger partial charge in [0.25, 0.3) is 0 Å². The molecule has 4 atom stereocenters. The molecule has 1 aliphatic heterocycles. The van der Waals surface area contributed by atoms with E-state index in [1.165, 1.54) is 4.68 Å². The Kier molecular flexibility index (Phi) is 10.6. The lowest BCUT2D eigenvalue weighted by Gasteiger charge is -2.42. The molecule has 0 spiro atoms. The van der Waals surface area contributed by atoms with Gasteiger partial charge in [0.05, 0.1) is 37.1 Å². The zero-order chi connectivity index (χ0) is 35.6. The van der Waals surface area contributed by atoms with Crippen LogP contribution in [0.15, 0.2) is 48.5 Å². The Bertz CT molecular complexity index is 1590. The minimum absolute atomic E-state index is 0.183.